The van der Waals surface area contributed by atoms with Gasteiger partial charge in [0, 0.05) is 24.2 Å². The van der Waals surface area contributed by atoms with Gasteiger partial charge >= 0.3 is 5.69 Å². The van der Waals surface area contributed by atoms with E-state index >= 15 is 0 Å². The van der Waals surface area contributed by atoms with Crippen molar-refractivity contribution < 1.29 is 14.1 Å². The first kappa shape index (κ1) is 14.4. The number of piperidine rings is 1. The largest absolute Gasteiger partial charge is 0.336 e. The van der Waals surface area contributed by atoms with Crippen molar-refractivity contribution in [1.29, 1.82) is 0 Å². The highest BCUT2D eigenvalue weighted by molar-refractivity contribution is 5.95. The van der Waals surface area contributed by atoms with Crippen LogP contribution in [0.5, 0.6) is 0 Å². The maximum Gasteiger partial charge on any atom is 0.305 e. The highest BCUT2D eigenvalue weighted by atomic mass is 19.1. The van der Waals surface area contributed by atoms with Crippen molar-refractivity contribution in [1.82, 2.24) is 4.90 Å². The molecule has 1 fully saturated rings. The van der Waals surface area contributed by atoms with Gasteiger partial charge in [-0.05, 0) is 37.8 Å². The van der Waals surface area contributed by atoms with E-state index in [4.69, 9.17) is 0 Å². The molecule has 1 aliphatic heterocycles. The van der Waals surface area contributed by atoms with Gasteiger partial charge < -0.3 is 4.90 Å². The number of likely N-dealkylation sites (tertiary alicyclic amines) is 1. The van der Waals surface area contributed by atoms with Crippen molar-refractivity contribution in [3.05, 3.63) is 39.7 Å². The number of benzene rings is 1. The number of carbonyl (C=O) groups excluding carboxylic acids is 1. The molecule has 0 saturated carbocycles. The Balaban J connectivity index is 2.25. The van der Waals surface area contributed by atoms with E-state index in [1.807, 2.05) is 6.92 Å². The van der Waals surface area contributed by atoms with Gasteiger partial charge in [-0.1, -0.05) is 6.92 Å². The fourth-order valence-corrected chi connectivity index (χ4v) is 2.66. The molecule has 6 heteroatoms. The van der Waals surface area contributed by atoms with Crippen molar-refractivity contribution in [3.63, 3.8) is 0 Å². The van der Waals surface area contributed by atoms with Crippen LogP contribution in [0.2, 0.25) is 0 Å². The van der Waals surface area contributed by atoms with Crippen LogP contribution in [-0.2, 0) is 0 Å². The molecular formula is C14H17FN2O3. The second kappa shape index (κ2) is 5.56. The Labute approximate surface area is 116 Å². The van der Waals surface area contributed by atoms with E-state index in [9.17, 15) is 19.3 Å². The lowest BCUT2D eigenvalue weighted by Gasteiger charge is -2.36. The van der Waals surface area contributed by atoms with Gasteiger partial charge in [0.25, 0.3) is 5.91 Å². The summed E-state index contributed by atoms with van der Waals surface area (Å²) in [6.45, 7) is 4.74. The van der Waals surface area contributed by atoms with Crippen LogP contribution in [-0.4, -0.2) is 28.3 Å². The van der Waals surface area contributed by atoms with Crippen molar-refractivity contribution in [2.24, 2.45) is 5.92 Å². The summed E-state index contributed by atoms with van der Waals surface area (Å²) in [6, 6.07) is 3.39. The fourth-order valence-electron chi connectivity index (χ4n) is 2.66. The fraction of sp³-hybridized carbons (Fsp3) is 0.500. The average Bonchev–Trinajstić information content (AvgIpc) is 2.38. The molecule has 2 unspecified atom stereocenters. The topological polar surface area (TPSA) is 63.5 Å². The van der Waals surface area contributed by atoms with Crippen molar-refractivity contribution in [3.8, 4) is 0 Å². The number of nitrogens with zero attached hydrogens (tertiary/aromatic N) is 2. The maximum atomic E-state index is 13.3. The third-order valence-electron chi connectivity index (χ3n) is 3.79. The van der Waals surface area contributed by atoms with E-state index in [2.05, 4.69) is 6.92 Å². The zero-order valence-corrected chi connectivity index (χ0v) is 11.5. The highest BCUT2D eigenvalue weighted by Crippen LogP contribution is 2.25. The molecule has 0 N–H and O–H groups in total. The van der Waals surface area contributed by atoms with Gasteiger partial charge in [-0.3, -0.25) is 14.9 Å². The van der Waals surface area contributed by atoms with E-state index < -0.39 is 16.4 Å². The molecule has 1 amide bonds. The quantitative estimate of drug-likeness (QED) is 0.618. The van der Waals surface area contributed by atoms with Gasteiger partial charge in [-0.25, -0.2) is 0 Å². The molecule has 1 saturated heterocycles. The van der Waals surface area contributed by atoms with Gasteiger partial charge in [0.1, 0.15) is 0 Å². The van der Waals surface area contributed by atoms with Gasteiger partial charge in [-0.2, -0.15) is 4.39 Å². The summed E-state index contributed by atoms with van der Waals surface area (Å²) in [5.74, 6) is -0.629. The Bertz CT molecular complexity index is 547. The smallest absolute Gasteiger partial charge is 0.305 e. The molecule has 2 rings (SSSR count). The van der Waals surface area contributed by atoms with Crippen LogP contribution in [0.15, 0.2) is 18.2 Å². The molecule has 1 heterocycles. The second-order valence-electron chi connectivity index (χ2n) is 5.40. The molecule has 5 nitrogen and oxygen atoms in total. The van der Waals surface area contributed by atoms with E-state index in [0.717, 1.165) is 25.0 Å². The molecule has 0 bridgehead atoms. The van der Waals surface area contributed by atoms with Crippen LogP contribution in [0.25, 0.3) is 0 Å². The lowest BCUT2D eigenvalue weighted by atomic mass is 9.93. The van der Waals surface area contributed by atoms with E-state index in [1.54, 1.807) is 4.90 Å². The number of nitro benzene ring substituents is 1. The normalized spacial score (nSPS) is 22.6. The number of halogens is 1. The van der Waals surface area contributed by atoms with Crippen LogP contribution in [0.4, 0.5) is 10.1 Å². The standard InChI is InChI=1S/C14H17FN2O3/c1-9-5-6-16(10(2)7-9)14(18)11-3-4-12(15)13(8-11)17(19)20/h3-4,8-10H,5-7H2,1-2H3. The van der Waals surface area contributed by atoms with Crippen LogP contribution < -0.4 is 0 Å². The third kappa shape index (κ3) is 2.79. The molecule has 1 aromatic rings. The summed E-state index contributed by atoms with van der Waals surface area (Å²) in [4.78, 5) is 24.0. The number of hydrogen-bond acceptors (Lipinski definition) is 3. The zero-order valence-electron chi connectivity index (χ0n) is 11.5. The number of carbonyl (C=O) groups is 1. The van der Waals surface area contributed by atoms with Crippen molar-refractivity contribution in [2.45, 2.75) is 32.7 Å². The predicted molar refractivity (Wildman–Crippen MR) is 72.0 cm³/mol. The SMILES string of the molecule is CC1CCN(C(=O)c2ccc(F)c([N+](=O)[O-])c2)C(C)C1. The van der Waals surface area contributed by atoms with Crippen molar-refractivity contribution >= 4 is 11.6 Å². The average molecular weight is 280 g/mol. The molecule has 0 aliphatic carbocycles. The van der Waals surface area contributed by atoms with Crippen LogP contribution in [0.3, 0.4) is 0 Å². The highest BCUT2D eigenvalue weighted by Gasteiger charge is 2.28. The van der Waals surface area contributed by atoms with Gasteiger partial charge in [0.15, 0.2) is 0 Å². The summed E-state index contributed by atoms with van der Waals surface area (Å²) in [5, 5.41) is 10.7. The molecule has 1 aliphatic rings. The summed E-state index contributed by atoms with van der Waals surface area (Å²) < 4.78 is 13.3. The van der Waals surface area contributed by atoms with Crippen LogP contribution in [0.1, 0.15) is 37.0 Å². The summed E-state index contributed by atoms with van der Waals surface area (Å²) >= 11 is 0. The first-order valence-electron chi connectivity index (χ1n) is 6.65. The number of rotatable bonds is 2. The maximum absolute atomic E-state index is 13.3. The van der Waals surface area contributed by atoms with E-state index in [-0.39, 0.29) is 17.5 Å². The molecule has 1 aromatic carbocycles. The Morgan fingerprint density at radius 2 is 2.15 bits per heavy atom. The number of nitro groups is 1. The Hall–Kier alpha value is -1.98. The predicted octanol–water partition coefficient (Wildman–Crippen LogP) is 2.99. The number of amides is 1. The summed E-state index contributed by atoms with van der Waals surface area (Å²) in [7, 11) is 0. The molecule has 0 radical (unpaired) electrons. The Morgan fingerprint density at radius 3 is 2.75 bits per heavy atom. The molecule has 2 atom stereocenters. The minimum absolute atomic E-state index is 0.0929. The second-order valence-corrected chi connectivity index (χ2v) is 5.40. The van der Waals surface area contributed by atoms with Gasteiger partial charge in [0.05, 0.1) is 4.92 Å². The molecule has 108 valence electrons. The molecular weight excluding hydrogens is 263 g/mol. The van der Waals surface area contributed by atoms with E-state index in [0.29, 0.717) is 12.5 Å². The van der Waals surface area contributed by atoms with Gasteiger partial charge in [-0.15, -0.1) is 0 Å². The lowest BCUT2D eigenvalue weighted by molar-refractivity contribution is -0.387. The molecule has 20 heavy (non-hydrogen) atoms. The summed E-state index contributed by atoms with van der Waals surface area (Å²) in [6.07, 6.45) is 1.83. The number of hydrogen-bond donors (Lipinski definition) is 0. The Morgan fingerprint density at radius 1 is 1.45 bits per heavy atom. The van der Waals surface area contributed by atoms with Crippen LogP contribution in [0, 0.1) is 21.8 Å². The van der Waals surface area contributed by atoms with Crippen molar-refractivity contribution in [2.75, 3.05) is 6.54 Å². The third-order valence-corrected chi connectivity index (χ3v) is 3.79. The lowest BCUT2D eigenvalue weighted by Crippen LogP contribution is -2.44. The zero-order chi connectivity index (χ0) is 14.9. The minimum Gasteiger partial charge on any atom is -0.336 e. The first-order chi connectivity index (χ1) is 9.40. The Kier molecular flexibility index (Phi) is 4.01. The first-order valence-corrected chi connectivity index (χ1v) is 6.65. The van der Waals surface area contributed by atoms with E-state index in [1.165, 1.54) is 6.07 Å². The molecule has 0 spiro atoms. The monoisotopic (exact) mass is 280 g/mol. The summed E-state index contributed by atoms with van der Waals surface area (Å²) in [5.41, 5.74) is -0.492. The van der Waals surface area contributed by atoms with Crippen LogP contribution >= 0.6 is 0 Å². The van der Waals surface area contributed by atoms with Gasteiger partial charge in [0.2, 0.25) is 5.82 Å². The molecule has 0 aromatic heterocycles. The minimum atomic E-state index is -0.924.